The second kappa shape index (κ2) is 7.99. The smallest absolute Gasteiger partial charge is 0.357 e. The monoisotopic (exact) mass is 463 g/mol. The Labute approximate surface area is 165 Å². The van der Waals surface area contributed by atoms with Gasteiger partial charge in [-0.2, -0.15) is 0 Å². The van der Waals surface area contributed by atoms with Gasteiger partial charge in [0.1, 0.15) is 0 Å². The van der Waals surface area contributed by atoms with E-state index in [2.05, 4.69) is 21.2 Å². The molecule has 8 heteroatoms. The lowest BCUT2D eigenvalue weighted by atomic mass is 10.2. The highest BCUT2D eigenvalue weighted by molar-refractivity contribution is 9.10. The molecule has 0 saturated carbocycles. The number of anilines is 1. The highest BCUT2D eigenvalue weighted by Gasteiger charge is 2.41. The normalized spacial score (nSPS) is 24.7. The van der Waals surface area contributed by atoms with Crippen LogP contribution in [0.15, 0.2) is 46.9 Å². The van der Waals surface area contributed by atoms with Crippen LogP contribution in [0.1, 0.15) is 24.7 Å². The maximum absolute atomic E-state index is 13.4. The molecule has 0 aliphatic carbocycles. The molecule has 2 aromatic rings. The standard InChI is InChI=1S/C17H17BrCl2NO3P/c1-11-6-7-23-25(22,24-11)17(12-2-4-13(18)5-3-12)21-16-9-14(19)8-15(20)10-16/h2-5,8-11,17,21H,6-7H2,1H3/t11-,17+,25-/m1/s1. The number of hydrogen-bond acceptors (Lipinski definition) is 4. The second-order valence-electron chi connectivity index (χ2n) is 5.83. The van der Waals surface area contributed by atoms with E-state index < -0.39 is 13.4 Å². The zero-order chi connectivity index (χ0) is 18.0. The van der Waals surface area contributed by atoms with Crippen molar-refractivity contribution in [2.45, 2.75) is 25.2 Å². The Balaban J connectivity index is 1.99. The zero-order valence-corrected chi connectivity index (χ0v) is 17.4. The van der Waals surface area contributed by atoms with E-state index in [1.54, 1.807) is 18.2 Å². The molecule has 1 heterocycles. The number of nitrogens with one attached hydrogen (secondary N) is 1. The molecule has 1 saturated heterocycles. The Hall–Kier alpha value is -0.550. The van der Waals surface area contributed by atoms with Gasteiger partial charge in [-0.3, -0.25) is 4.57 Å². The Morgan fingerprint density at radius 3 is 2.44 bits per heavy atom. The quantitative estimate of drug-likeness (QED) is 0.500. The van der Waals surface area contributed by atoms with Gasteiger partial charge < -0.3 is 14.4 Å². The summed E-state index contributed by atoms with van der Waals surface area (Å²) in [5, 5.41) is 4.21. The summed E-state index contributed by atoms with van der Waals surface area (Å²) in [5.41, 5.74) is 1.43. The van der Waals surface area contributed by atoms with Gasteiger partial charge in [-0.1, -0.05) is 51.3 Å². The molecule has 0 amide bonds. The van der Waals surface area contributed by atoms with Crippen molar-refractivity contribution >= 4 is 52.4 Å². The summed E-state index contributed by atoms with van der Waals surface area (Å²) in [4.78, 5) is 0. The third-order valence-corrected chi connectivity index (χ3v) is 7.01. The number of hydrogen-bond donors (Lipinski definition) is 1. The maximum Gasteiger partial charge on any atom is 0.357 e. The predicted molar refractivity (Wildman–Crippen MR) is 106 cm³/mol. The number of benzene rings is 2. The fraction of sp³-hybridized carbons (Fsp3) is 0.294. The fourth-order valence-corrected chi connectivity index (χ4v) is 5.53. The minimum atomic E-state index is -3.43. The molecule has 1 aliphatic heterocycles. The van der Waals surface area contributed by atoms with Crippen LogP contribution >= 0.6 is 46.7 Å². The van der Waals surface area contributed by atoms with E-state index in [0.29, 0.717) is 28.8 Å². The number of rotatable bonds is 4. The van der Waals surface area contributed by atoms with Crippen molar-refractivity contribution in [3.05, 3.63) is 62.5 Å². The Kier molecular flexibility index (Phi) is 6.15. The number of halogens is 3. The van der Waals surface area contributed by atoms with E-state index in [4.69, 9.17) is 32.2 Å². The van der Waals surface area contributed by atoms with Crippen molar-refractivity contribution < 1.29 is 13.6 Å². The van der Waals surface area contributed by atoms with Gasteiger partial charge in [0.2, 0.25) is 0 Å². The molecule has 0 aromatic heterocycles. The third kappa shape index (κ3) is 4.79. The molecule has 1 aliphatic rings. The van der Waals surface area contributed by atoms with Gasteiger partial charge >= 0.3 is 7.60 Å². The molecular weight excluding hydrogens is 448 g/mol. The summed E-state index contributed by atoms with van der Waals surface area (Å²) in [7, 11) is -3.43. The van der Waals surface area contributed by atoms with Crippen LogP contribution < -0.4 is 5.32 Å². The Morgan fingerprint density at radius 2 is 1.84 bits per heavy atom. The molecule has 25 heavy (non-hydrogen) atoms. The molecular formula is C17H17BrCl2NO3P. The van der Waals surface area contributed by atoms with E-state index >= 15 is 0 Å². The van der Waals surface area contributed by atoms with Crippen molar-refractivity contribution in [3.8, 4) is 0 Å². The highest BCUT2D eigenvalue weighted by Crippen LogP contribution is 2.63. The fourth-order valence-electron chi connectivity index (χ4n) is 2.60. The first-order chi connectivity index (χ1) is 11.9. The lowest BCUT2D eigenvalue weighted by molar-refractivity contribution is 0.0887. The maximum atomic E-state index is 13.4. The first kappa shape index (κ1) is 19.2. The van der Waals surface area contributed by atoms with Gasteiger partial charge in [0.15, 0.2) is 5.78 Å². The largest absolute Gasteiger partial charge is 0.368 e. The van der Waals surface area contributed by atoms with E-state index in [1.807, 2.05) is 31.2 Å². The van der Waals surface area contributed by atoms with Gasteiger partial charge in [-0.05, 0) is 49.2 Å². The summed E-state index contributed by atoms with van der Waals surface area (Å²) >= 11 is 15.6. The second-order valence-corrected chi connectivity index (χ2v) is 9.69. The van der Waals surface area contributed by atoms with Gasteiger partial charge in [0.25, 0.3) is 0 Å². The molecule has 2 aromatic carbocycles. The van der Waals surface area contributed by atoms with E-state index in [9.17, 15) is 4.57 Å². The van der Waals surface area contributed by atoms with Gasteiger partial charge in [0, 0.05) is 20.2 Å². The molecule has 0 spiro atoms. The SMILES string of the molecule is C[C@@H]1CCO[P@](=O)([C@H](Nc2cc(Cl)cc(Cl)c2)c2ccc(Br)cc2)O1. The third-order valence-electron chi connectivity index (χ3n) is 3.79. The predicted octanol–water partition coefficient (Wildman–Crippen LogP) is 6.89. The summed E-state index contributed by atoms with van der Waals surface area (Å²) in [6.07, 6.45) is 0.572. The summed E-state index contributed by atoms with van der Waals surface area (Å²) < 4.78 is 25.7. The molecule has 4 nitrogen and oxygen atoms in total. The van der Waals surface area contributed by atoms with Crippen LogP contribution in [0.5, 0.6) is 0 Å². The van der Waals surface area contributed by atoms with Crippen molar-refractivity contribution in [3.63, 3.8) is 0 Å². The summed E-state index contributed by atoms with van der Waals surface area (Å²) in [5.74, 6) is -0.669. The van der Waals surface area contributed by atoms with E-state index in [1.165, 1.54) is 0 Å². The van der Waals surface area contributed by atoms with Crippen molar-refractivity contribution in [1.29, 1.82) is 0 Å². The van der Waals surface area contributed by atoms with Gasteiger partial charge in [-0.15, -0.1) is 0 Å². The molecule has 134 valence electrons. The first-order valence-corrected chi connectivity index (χ1v) is 10.9. The molecule has 0 bridgehead atoms. The lowest BCUT2D eigenvalue weighted by Crippen LogP contribution is -2.23. The van der Waals surface area contributed by atoms with E-state index in [0.717, 1.165) is 10.0 Å². The molecule has 0 unspecified atom stereocenters. The van der Waals surface area contributed by atoms with Gasteiger partial charge in [-0.25, -0.2) is 0 Å². The van der Waals surface area contributed by atoms with Crippen molar-refractivity contribution in [1.82, 2.24) is 0 Å². The lowest BCUT2D eigenvalue weighted by Gasteiger charge is -2.34. The Bertz CT molecular complexity index is 783. The van der Waals surface area contributed by atoms with Crippen LogP contribution in [0.25, 0.3) is 0 Å². The molecule has 1 N–H and O–H groups in total. The summed E-state index contributed by atoms with van der Waals surface area (Å²) in [6, 6.07) is 12.6. The van der Waals surface area contributed by atoms with Gasteiger partial charge in [0.05, 0.1) is 12.7 Å². The topological polar surface area (TPSA) is 47.6 Å². The van der Waals surface area contributed by atoms with Crippen molar-refractivity contribution in [2.24, 2.45) is 0 Å². The van der Waals surface area contributed by atoms with Crippen LogP contribution in [0, 0.1) is 0 Å². The van der Waals surface area contributed by atoms with Crippen molar-refractivity contribution in [2.75, 3.05) is 11.9 Å². The average molecular weight is 465 g/mol. The minimum absolute atomic E-state index is 0.137. The molecule has 3 rings (SSSR count). The van der Waals surface area contributed by atoms with Crippen LogP contribution in [0.3, 0.4) is 0 Å². The summed E-state index contributed by atoms with van der Waals surface area (Å²) in [6.45, 7) is 2.29. The molecule has 1 fully saturated rings. The van der Waals surface area contributed by atoms with Crippen LogP contribution in [-0.4, -0.2) is 12.7 Å². The first-order valence-electron chi connectivity index (χ1n) is 7.76. The Morgan fingerprint density at radius 1 is 1.20 bits per heavy atom. The molecule has 0 radical (unpaired) electrons. The van der Waals surface area contributed by atoms with E-state index in [-0.39, 0.29) is 6.10 Å². The highest BCUT2D eigenvalue weighted by atomic mass is 79.9. The average Bonchev–Trinajstić information content (AvgIpc) is 2.52. The minimum Gasteiger partial charge on any atom is -0.368 e. The molecule has 3 atom stereocenters. The van der Waals surface area contributed by atoms with Crippen LogP contribution in [-0.2, 0) is 13.6 Å². The van der Waals surface area contributed by atoms with Crippen LogP contribution in [0.2, 0.25) is 10.0 Å². The zero-order valence-electron chi connectivity index (χ0n) is 13.4. The van der Waals surface area contributed by atoms with Crippen LogP contribution in [0.4, 0.5) is 5.69 Å².